The second-order valence-corrected chi connectivity index (χ2v) is 30.6. The number of hydrogen-bond donors (Lipinski definition) is 1. The summed E-state index contributed by atoms with van der Waals surface area (Å²) in [6.07, 6.45) is 6.28. The molecule has 1 saturated heterocycles. The molecule has 1 aromatic heterocycles. The van der Waals surface area contributed by atoms with Gasteiger partial charge in [-0.2, -0.15) is 18.0 Å². The Morgan fingerprint density at radius 2 is 1.09 bits per heavy atom. The maximum atomic E-state index is 12.7. The summed E-state index contributed by atoms with van der Waals surface area (Å²) >= 11 is 20.5. The molecule has 6 aromatic carbocycles. The van der Waals surface area contributed by atoms with Gasteiger partial charge in [-0.05, 0) is 199 Å². The normalized spacial score (nSPS) is 10.8. The number of aryl methyl sites for hydroxylation is 5. The number of nitrogens with zero attached hydrogens (tertiary/aromatic N) is 5. The molecule has 559 valence electrons. The van der Waals surface area contributed by atoms with E-state index in [2.05, 4.69) is 123 Å². The number of Topliss-reactive ketones (excluding diaryl/α,β-unsaturated/α-hetero) is 1. The van der Waals surface area contributed by atoms with Gasteiger partial charge in [0.25, 0.3) is 13.2 Å². The van der Waals surface area contributed by atoms with Crippen molar-refractivity contribution < 1.29 is 119 Å². The van der Waals surface area contributed by atoms with Gasteiger partial charge in [-0.25, -0.2) is 14.8 Å². The summed E-state index contributed by atoms with van der Waals surface area (Å²) < 4.78 is 54.3. The Hall–Kier alpha value is 0.0636. The van der Waals surface area contributed by atoms with E-state index in [9.17, 15) is 41.9 Å². The molecule has 0 saturated carbocycles. The average Bonchev–Trinajstić information content (AvgIpc) is 0.863. The van der Waals surface area contributed by atoms with Gasteiger partial charge in [0, 0.05) is 42.7 Å². The number of carboxylic acids is 1. The van der Waals surface area contributed by atoms with Gasteiger partial charge in [0.2, 0.25) is 0 Å². The predicted molar refractivity (Wildman–Crippen MR) is 448 cm³/mol. The maximum absolute atomic E-state index is 12.7. The van der Waals surface area contributed by atoms with Gasteiger partial charge in [0.15, 0.2) is 0 Å². The monoisotopic (exact) mass is 1840 g/mol. The number of methoxy groups -OCH3 is 3. The van der Waals surface area contributed by atoms with E-state index in [1.165, 1.54) is 182 Å². The topological polar surface area (TPSA) is 216 Å². The molecule has 7 aromatic rings. The van der Waals surface area contributed by atoms with Crippen molar-refractivity contribution in [1.29, 1.82) is 0 Å². The van der Waals surface area contributed by atoms with Gasteiger partial charge in [-0.15, -0.1) is 12.0 Å². The summed E-state index contributed by atoms with van der Waals surface area (Å²) in [6.45, 7) is 18.3. The molecule has 0 atom stereocenters. The molecule has 0 bridgehead atoms. The average molecular weight is 1840 g/mol. The molecular weight excluding hydrogens is 1750 g/mol. The molecule has 1 N–H and O–H groups in total. The number of esters is 3. The van der Waals surface area contributed by atoms with Crippen molar-refractivity contribution in [3.05, 3.63) is 235 Å². The van der Waals surface area contributed by atoms with Gasteiger partial charge in [0.05, 0.1) is 52.3 Å². The van der Waals surface area contributed by atoms with Gasteiger partial charge < -0.3 is 35.9 Å². The summed E-state index contributed by atoms with van der Waals surface area (Å²) in [4.78, 5) is 78.1. The van der Waals surface area contributed by atoms with Crippen molar-refractivity contribution in [2.45, 2.75) is 154 Å². The van der Waals surface area contributed by atoms with Gasteiger partial charge in [-0.1, -0.05) is 179 Å². The number of alkyl halides is 3. The minimum absolute atomic E-state index is 0. The van der Waals surface area contributed by atoms with Crippen LogP contribution in [0.3, 0.4) is 0 Å². The number of halogens is 7. The Balaban J connectivity index is -0.000000294. The van der Waals surface area contributed by atoms with E-state index in [0.29, 0.717) is 45.3 Å². The van der Waals surface area contributed by atoms with E-state index < -0.39 is 30.9 Å². The molecule has 1 aliphatic heterocycles. The molecule has 0 unspecified atom stereocenters. The predicted octanol–water partition coefficient (Wildman–Crippen LogP) is 14.8. The molecule has 0 amide bonds. The zero-order chi connectivity index (χ0) is 78.0. The molecule has 2 heterocycles. The Labute approximate surface area is 807 Å². The Morgan fingerprint density at radius 1 is 0.685 bits per heavy atom. The fourth-order valence-electron chi connectivity index (χ4n) is 9.60. The fraction of sp³-hybridized carbons (Fsp3) is 0.354. The Morgan fingerprint density at radius 3 is 1.48 bits per heavy atom. The van der Waals surface area contributed by atoms with Crippen LogP contribution < -0.4 is 51.4 Å². The number of carboxylic acid groups (broad SMARTS) is 1. The van der Waals surface area contributed by atoms with Crippen molar-refractivity contribution >= 4 is 243 Å². The van der Waals surface area contributed by atoms with Crippen LogP contribution in [0.25, 0.3) is 5.53 Å². The second kappa shape index (κ2) is 65.1. The van der Waals surface area contributed by atoms with Crippen molar-refractivity contribution in [2.24, 2.45) is 0 Å². The number of carbonyl (C=O) groups is 6. The summed E-state index contributed by atoms with van der Waals surface area (Å²) in [7, 11) is 4.29. The van der Waals surface area contributed by atoms with E-state index in [0.717, 1.165) is 99.1 Å². The molecule has 0 spiro atoms. The molecular formula is C79H97BBr3ClF3K5N5O10Si. The quantitative estimate of drug-likeness (QED) is 0.00859. The van der Waals surface area contributed by atoms with Crippen LogP contribution in [0.1, 0.15) is 170 Å². The number of carbonyl (C=O) groups excluding carboxylic acids is 5. The number of aromatic nitrogens is 2. The van der Waals surface area contributed by atoms with Crippen LogP contribution >= 0.6 is 59.4 Å². The third kappa shape index (κ3) is 45.1. The van der Waals surface area contributed by atoms with E-state index >= 15 is 0 Å². The van der Waals surface area contributed by atoms with Gasteiger partial charge in [-0.3, -0.25) is 19.2 Å². The second-order valence-electron chi connectivity index (χ2n) is 22.8. The Kier molecular flexibility index (Phi) is 70.2. The standard InChI is InChI=1S/C18H17BClF3N3O.C18H26O2Si.C12H12O2.C10H11BrO2.C9H7BrN2O.C8H7BrO2.4CH4.5K.H/c20-17-15(18(21,22)23)10-24-16(25-17)9-12-1-3-13(4-2-12)14-5-7-26(8-6-14)19-11-27;1-6-21(7-2,8-3)12-11-17-13-15(4)9-10-16(17)14-18(19)20-5;1-4-10-7-9(2)5-6-11(10)8-12(13)14-3;1-7-3-4-8(9(11)5-7)6-10(12)13-2;1-6-2-3-7(8(10)4-6)9(13)5-12-11;1-5-2-3-6(8(10)11)7(9)4-5;;;;;;;;;;/h1-4,10-11,14H,5-9H2;9-10,13H,6-8,14H2,1-5H3;1,5-7H,8H2,2-3H3;3-5H,6H2,1-2H3;2-5H,1H3;2-4H,1H3,(H,10,11);4*1H4;;;;;;/q;;;;;;;;;;;;;;+1;-1. The molecule has 15 nitrogen and oxygen atoms in total. The number of ketones is 1. The summed E-state index contributed by atoms with van der Waals surface area (Å²) in [5, 5.41) is 8.05. The summed E-state index contributed by atoms with van der Waals surface area (Å²) in [5.41, 5.74) is 23.7. The third-order valence-electron chi connectivity index (χ3n) is 15.7. The summed E-state index contributed by atoms with van der Waals surface area (Å²) in [6, 6.07) is 39.6. The van der Waals surface area contributed by atoms with Crippen LogP contribution in [0.4, 0.5) is 13.2 Å². The van der Waals surface area contributed by atoms with Crippen LogP contribution in [-0.2, 0) is 65.2 Å². The summed E-state index contributed by atoms with van der Waals surface area (Å²) in [5.74, 6) is 4.69. The molecule has 0 aliphatic carbocycles. The van der Waals surface area contributed by atoms with E-state index in [4.69, 9.17) is 33.4 Å². The Bertz CT molecular complexity index is 4100. The number of piperidine rings is 1. The first-order valence-electron chi connectivity index (χ1n) is 33.2. The zero-order valence-corrected chi connectivity index (χ0v) is 84.3. The van der Waals surface area contributed by atoms with E-state index in [1.54, 1.807) is 31.7 Å². The van der Waals surface area contributed by atoms with Crippen LogP contribution in [0.15, 0.2) is 135 Å². The number of hydrogen-bond acceptors (Lipinski definition) is 12. The number of benzene rings is 6. The number of terminal acetylenes is 1. The zero-order valence-electron chi connectivity index (χ0n) is 63.2. The van der Waals surface area contributed by atoms with Crippen molar-refractivity contribution in [1.82, 2.24) is 14.8 Å². The molecule has 1 radical (unpaired) electrons. The van der Waals surface area contributed by atoms with Crippen molar-refractivity contribution in [2.75, 3.05) is 34.4 Å². The number of ether oxygens (including phenoxy) is 3. The van der Waals surface area contributed by atoms with Crippen LogP contribution in [0, 0.1) is 58.4 Å². The van der Waals surface area contributed by atoms with Crippen molar-refractivity contribution in [3.63, 3.8) is 0 Å². The number of rotatable bonds is 17. The van der Waals surface area contributed by atoms with Gasteiger partial charge in [0.1, 0.15) is 24.6 Å². The van der Waals surface area contributed by atoms with E-state index in [-0.39, 0.29) is 118 Å². The molecule has 108 heavy (non-hydrogen) atoms. The first-order valence-corrected chi connectivity index (χ1v) is 70.6. The van der Waals surface area contributed by atoms with Crippen LogP contribution in [0.2, 0.25) is 23.3 Å². The first-order chi connectivity index (χ1) is 48.9. The number of aromatic carboxylic acids is 1. The minimum atomic E-state index is -4.56. The fourth-order valence-corrected chi connectivity index (χ4v) is 14.3. The molecule has 8 rings (SSSR count). The van der Waals surface area contributed by atoms with Crippen LogP contribution in [-0.4, -0.2) is 243 Å². The third-order valence-corrected chi connectivity index (χ3v) is 22.8. The van der Waals surface area contributed by atoms with Gasteiger partial charge >= 0.3 is 214 Å². The van der Waals surface area contributed by atoms with E-state index in [1.807, 2.05) is 117 Å². The van der Waals surface area contributed by atoms with Crippen molar-refractivity contribution in [3.8, 4) is 23.8 Å². The first kappa shape index (κ1) is 117. The molecule has 1 fully saturated rings. The molecule has 1 aliphatic rings. The molecule has 29 heteroatoms. The van der Waals surface area contributed by atoms with Crippen LogP contribution in [0.5, 0.6) is 0 Å². The SMILES string of the molecule is C.C.C.C.C#Cc1cc(C)ccc1CC(=O)OC.CC[Si](C#Cc1cc(C)ccc1CC(=O)OC)(CC)CC.COC(=O)Cc1ccc(C)cc1Br.Cc1ccc(C(=O)C=[N+]=[N-])c(Br)c1.Cc1ccc(C(=O)O)c(Br)c1.O=C[B]N1CCC(c2ccc(Cc3ncc(C(F)(F)F)c(Cl)n3)cc2)CC1.[H-].[K+].[K][K].[K][K].